The van der Waals surface area contributed by atoms with Gasteiger partial charge in [0, 0.05) is 0 Å². The van der Waals surface area contributed by atoms with Crippen molar-refractivity contribution < 1.29 is 0 Å². The molecule has 0 radical (unpaired) electrons. The van der Waals surface area contributed by atoms with Crippen LogP contribution in [0.4, 0.5) is 0 Å². The smallest absolute Gasteiger partial charge is 0.287 e. The predicted octanol–water partition coefficient (Wildman–Crippen LogP) is 2.53. The molecular weight excluding hydrogens is 321 g/mol. The lowest BCUT2D eigenvalue weighted by Crippen LogP contribution is -2.15. The second-order valence-corrected chi connectivity index (χ2v) is 5.42. The van der Waals surface area contributed by atoms with Crippen LogP contribution in [0.2, 0.25) is 10.0 Å². The number of halogens is 2. The molecule has 1 N–H and O–H groups in total. The summed E-state index contributed by atoms with van der Waals surface area (Å²) in [6.07, 6.45) is 1.83. The van der Waals surface area contributed by atoms with Crippen molar-refractivity contribution >= 4 is 46.3 Å². The van der Waals surface area contributed by atoms with E-state index in [1.807, 2.05) is 6.26 Å². The topological polar surface area (TPSA) is 76.5 Å². The SMILES string of the molecule is CSc1nnc2[nH]c(=O)n(-c3ccc(Cl)c(Cl)c3)c2n1. The first-order chi connectivity index (χ1) is 9.60. The molecule has 2 heterocycles. The van der Waals surface area contributed by atoms with Gasteiger partial charge in [-0.05, 0) is 24.5 Å². The maximum atomic E-state index is 12.1. The maximum absolute atomic E-state index is 12.1. The first kappa shape index (κ1) is 13.4. The molecule has 0 aliphatic rings. The van der Waals surface area contributed by atoms with Gasteiger partial charge >= 0.3 is 5.69 Å². The molecule has 0 saturated heterocycles. The lowest BCUT2D eigenvalue weighted by atomic mass is 10.3. The molecule has 0 amide bonds. The van der Waals surface area contributed by atoms with Crippen molar-refractivity contribution in [2.75, 3.05) is 6.26 Å². The molecule has 3 aromatic rings. The number of fused-ring (bicyclic) bond motifs is 1. The van der Waals surface area contributed by atoms with Crippen molar-refractivity contribution in [3.63, 3.8) is 0 Å². The molecule has 0 aliphatic carbocycles. The van der Waals surface area contributed by atoms with Gasteiger partial charge in [0.2, 0.25) is 10.8 Å². The Morgan fingerprint density at radius 3 is 2.75 bits per heavy atom. The first-order valence-corrected chi connectivity index (χ1v) is 7.43. The minimum Gasteiger partial charge on any atom is -0.287 e. The van der Waals surface area contributed by atoms with Gasteiger partial charge < -0.3 is 0 Å². The molecule has 0 saturated carbocycles. The van der Waals surface area contributed by atoms with E-state index in [9.17, 15) is 4.79 Å². The average molecular weight is 328 g/mol. The third-order valence-corrected chi connectivity index (χ3v) is 3.91. The van der Waals surface area contributed by atoms with Crippen LogP contribution in [0.1, 0.15) is 0 Å². The summed E-state index contributed by atoms with van der Waals surface area (Å²) in [5, 5.41) is 9.06. The highest BCUT2D eigenvalue weighted by Crippen LogP contribution is 2.25. The zero-order valence-corrected chi connectivity index (χ0v) is 12.4. The minimum absolute atomic E-state index is 0.318. The van der Waals surface area contributed by atoms with Crippen molar-refractivity contribution in [2.24, 2.45) is 0 Å². The predicted molar refractivity (Wildman–Crippen MR) is 79.1 cm³/mol. The Morgan fingerprint density at radius 1 is 1.25 bits per heavy atom. The van der Waals surface area contributed by atoms with Crippen molar-refractivity contribution in [1.82, 2.24) is 24.7 Å². The van der Waals surface area contributed by atoms with Crippen molar-refractivity contribution in [1.29, 1.82) is 0 Å². The minimum atomic E-state index is -0.363. The van der Waals surface area contributed by atoms with E-state index in [-0.39, 0.29) is 5.69 Å². The van der Waals surface area contributed by atoms with Crippen LogP contribution in [0, 0.1) is 0 Å². The number of imidazole rings is 1. The molecule has 20 heavy (non-hydrogen) atoms. The second kappa shape index (κ2) is 5.08. The summed E-state index contributed by atoms with van der Waals surface area (Å²) in [6, 6.07) is 4.90. The molecule has 1 aromatic carbocycles. The zero-order chi connectivity index (χ0) is 14.3. The Labute approximate surface area is 127 Å². The van der Waals surface area contributed by atoms with Crippen LogP contribution in [-0.4, -0.2) is 31.0 Å². The summed E-state index contributed by atoms with van der Waals surface area (Å²) in [5.41, 5.74) is 0.910. The Hall–Kier alpha value is -1.57. The summed E-state index contributed by atoms with van der Waals surface area (Å²) < 4.78 is 1.38. The zero-order valence-electron chi connectivity index (χ0n) is 10.1. The maximum Gasteiger partial charge on any atom is 0.333 e. The van der Waals surface area contributed by atoms with Crippen molar-refractivity contribution in [3.05, 3.63) is 38.7 Å². The highest BCUT2D eigenvalue weighted by molar-refractivity contribution is 7.98. The molecule has 0 unspecified atom stereocenters. The van der Waals surface area contributed by atoms with E-state index >= 15 is 0 Å². The number of thioether (sulfide) groups is 1. The van der Waals surface area contributed by atoms with Crippen LogP contribution >= 0.6 is 35.0 Å². The third kappa shape index (κ3) is 2.17. The molecule has 2 aromatic heterocycles. The van der Waals surface area contributed by atoms with Gasteiger partial charge in [-0.15, -0.1) is 10.2 Å². The van der Waals surface area contributed by atoms with Gasteiger partial charge in [-0.1, -0.05) is 35.0 Å². The van der Waals surface area contributed by atoms with Crippen LogP contribution < -0.4 is 5.69 Å². The number of H-pyrrole nitrogens is 1. The largest absolute Gasteiger partial charge is 0.333 e. The Balaban J connectivity index is 2.31. The number of rotatable bonds is 2. The molecule has 6 nitrogen and oxygen atoms in total. The molecular formula is C11H7Cl2N5OS. The lowest BCUT2D eigenvalue weighted by Gasteiger charge is -2.04. The van der Waals surface area contributed by atoms with E-state index < -0.39 is 0 Å². The fourth-order valence-electron chi connectivity index (χ4n) is 1.74. The molecule has 0 aliphatic heterocycles. The monoisotopic (exact) mass is 327 g/mol. The van der Waals surface area contributed by atoms with Gasteiger partial charge in [-0.3, -0.25) is 4.98 Å². The summed E-state index contributed by atoms with van der Waals surface area (Å²) in [6.45, 7) is 0. The summed E-state index contributed by atoms with van der Waals surface area (Å²) in [7, 11) is 0. The number of aromatic amines is 1. The van der Waals surface area contributed by atoms with Gasteiger partial charge in [0.1, 0.15) is 0 Å². The first-order valence-electron chi connectivity index (χ1n) is 5.45. The summed E-state index contributed by atoms with van der Waals surface area (Å²) >= 11 is 13.2. The van der Waals surface area contributed by atoms with Crippen LogP contribution in [0.15, 0.2) is 28.2 Å². The van der Waals surface area contributed by atoms with E-state index in [2.05, 4.69) is 20.2 Å². The number of nitrogens with one attached hydrogen (secondary N) is 1. The van der Waals surface area contributed by atoms with E-state index in [4.69, 9.17) is 23.2 Å². The van der Waals surface area contributed by atoms with Crippen LogP contribution in [-0.2, 0) is 0 Å². The van der Waals surface area contributed by atoms with Crippen molar-refractivity contribution in [2.45, 2.75) is 5.16 Å². The molecule has 9 heteroatoms. The molecule has 0 atom stereocenters. The van der Waals surface area contributed by atoms with E-state index in [0.29, 0.717) is 32.2 Å². The van der Waals surface area contributed by atoms with E-state index in [1.54, 1.807) is 18.2 Å². The van der Waals surface area contributed by atoms with E-state index in [1.165, 1.54) is 16.3 Å². The normalized spacial score (nSPS) is 11.2. The highest BCUT2D eigenvalue weighted by atomic mass is 35.5. The Morgan fingerprint density at radius 2 is 2.05 bits per heavy atom. The lowest BCUT2D eigenvalue weighted by molar-refractivity contribution is 0.866. The summed E-state index contributed by atoms with van der Waals surface area (Å²) in [5.74, 6) is 0. The Bertz CT molecular complexity index is 860. The second-order valence-electron chi connectivity index (χ2n) is 3.83. The fraction of sp³-hybridized carbons (Fsp3) is 0.0909. The molecule has 3 rings (SSSR count). The van der Waals surface area contributed by atoms with Crippen LogP contribution in [0.3, 0.4) is 0 Å². The van der Waals surface area contributed by atoms with Gasteiger partial charge in [-0.2, -0.15) is 4.98 Å². The van der Waals surface area contributed by atoms with Gasteiger partial charge in [0.15, 0.2) is 5.65 Å². The van der Waals surface area contributed by atoms with Crippen molar-refractivity contribution in [3.8, 4) is 5.69 Å². The number of hydrogen-bond acceptors (Lipinski definition) is 5. The van der Waals surface area contributed by atoms with Crippen LogP contribution in [0.25, 0.3) is 17.0 Å². The average Bonchev–Trinajstić information content (AvgIpc) is 2.77. The highest BCUT2D eigenvalue weighted by Gasteiger charge is 2.13. The van der Waals surface area contributed by atoms with E-state index in [0.717, 1.165) is 0 Å². The van der Waals surface area contributed by atoms with Gasteiger partial charge in [-0.25, -0.2) is 9.36 Å². The summed E-state index contributed by atoms with van der Waals surface area (Å²) in [4.78, 5) is 18.9. The third-order valence-electron chi connectivity index (χ3n) is 2.63. The quantitative estimate of drug-likeness (QED) is 0.732. The molecule has 0 bridgehead atoms. The number of hydrogen-bond donors (Lipinski definition) is 1. The number of nitrogens with zero attached hydrogens (tertiary/aromatic N) is 4. The molecule has 0 spiro atoms. The standard InChI is InChI=1S/C11H7Cl2N5OS/c1-20-10-15-9-8(16-17-10)14-11(19)18(9)5-2-3-6(12)7(13)4-5/h2-4H,1H3,(H,14,16,19). The fourth-order valence-corrected chi connectivity index (χ4v) is 2.34. The van der Waals surface area contributed by atoms with Gasteiger partial charge in [0.25, 0.3) is 0 Å². The molecule has 0 fully saturated rings. The number of benzene rings is 1. The van der Waals surface area contributed by atoms with Crippen LogP contribution in [0.5, 0.6) is 0 Å². The number of aromatic nitrogens is 5. The van der Waals surface area contributed by atoms with Gasteiger partial charge in [0.05, 0.1) is 15.7 Å². The molecule has 102 valence electrons. The Kier molecular flexibility index (Phi) is 3.41.